The fourth-order valence-electron chi connectivity index (χ4n) is 3.15. The van der Waals surface area contributed by atoms with E-state index >= 15 is 0 Å². The lowest BCUT2D eigenvalue weighted by molar-refractivity contribution is 0.298. The molecule has 4 aromatic rings. The van der Waals surface area contributed by atoms with Gasteiger partial charge in [-0.05, 0) is 66.1 Å². The second kappa shape index (κ2) is 8.73. The van der Waals surface area contributed by atoms with Crippen molar-refractivity contribution in [1.82, 2.24) is 0 Å². The van der Waals surface area contributed by atoms with E-state index in [1.165, 1.54) is 0 Å². The fraction of sp³-hybridized carbons (Fsp3) is 0.125. The van der Waals surface area contributed by atoms with Crippen molar-refractivity contribution in [3.8, 4) is 17.1 Å². The van der Waals surface area contributed by atoms with E-state index in [1.807, 2.05) is 25.1 Å². The highest BCUT2D eigenvalue weighted by Crippen LogP contribution is 2.33. The number of aryl methyl sites for hydroxylation is 1. The van der Waals surface area contributed by atoms with Crippen molar-refractivity contribution in [3.63, 3.8) is 0 Å². The van der Waals surface area contributed by atoms with Crippen LogP contribution < -0.4 is 10.2 Å². The van der Waals surface area contributed by atoms with Gasteiger partial charge >= 0.3 is 0 Å². The molecule has 0 aliphatic carbocycles. The number of fused-ring (bicyclic) bond motifs is 1. The molecule has 3 aromatic carbocycles. The van der Waals surface area contributed by atoms with Gasteiger partial charge in [0.25, 0.3) is 0 Å². The summed E-state index contributed by atoms with van der Waals surface area (Å²) in [6.45, 7) is 2.17. The van der Waals surface area contributed by atoms with Crippen molar-refractivity contribution in [1.29, 1.82) is 0 Å². The number of benzene rings is 3. The molecule has 3 nitrogen and oxygen atoms in total. The minimum absolute atomic E-state index is 0.140. The average molecular weight is 460 g/mol. The Balaban J connectivity index is 1.84. The molecule has 0 N–H and O–H groups in total. The first-order chi connectivity index (χ1) is 14.5. The van der Waals surface area contributed by atoms with Gasteiger partial charge < -0.3 is 9.15 Å². The lowest BCUT2D eigenvalue weighted by Crippen LogP contribution is -2.10. The summed E-state index contributed by atoms with van der Waals surface area (Å²) in [7, 11) is 0. The maximum absolute atomic E-state index is 13.3. The minimum Gasteiger partial charge on any atom is -0.481 e. The molecule has 30 heavy (non-hydrogen) atoms. The predicted molar refractivity (Wildman–Crippen MR) is 123 cm³/mol. The third-order valence-corrected chi connectivity index (χ3v) is 5.79. The smallest absolute Gasteiger partial charge is 0.235 e. The molecular formula is C24H17Cl3O3. The fourth-order valence-corrected chi connectivity index (χ4v) is 3.60. The third kappa shape index (κ3) is 4.20. The van der Waals surface area contributed by atoms with Crippen LogP contribution in [-0.2, 0) is 13.0 Å². The summed E-state index contributed by atoms with van der Waals surface area (Å²) in [6, 6.07) is 17.9. The normalized spacial score (nSPS) is 11.1. The first kappa shape index (κ1) is 20.8. The quantitative estimate of drug-likeness (QED) is 0.309. The Bertz CT molecular complexity index is 1280. The van der Waals surface area contributed by atoms with Gasteiger partial charge in [-0.2, -0.15) is 0 Å². The van der Waals surface area contributed by atoms with Crippen LogP contribution in [0.5, 0.6) is 5.75 Å². The highest BCUT2D eigenvalue weighted by Gasteiger charge is 2.18. The van der Waals surface area contributed by atoms with Gasteiger partial charge in [0, 0.05) is 10.6 Å². The van der Waals surface area contributed by atoms with Crippen molar-refractivity contribution >= 4 is 45.8 Å². The zero-order chi connectivity index (χ0) is 21.3. The molecule has 1 aromatic heterocycles. The molecule has 0 unspecified atom stereocenters. The second-order valence-corrected chi connectivity index (χ2v) is 8.07. The van der Waals surface area contributed by atoms with Gasteiger partial charge in [-0.15, -0.1) is 0 Å². The maximum atomic E-state index is 13.3. The van der Waals surface area contributed by atoms with E-state index < -0.39 is 0 Å². The van der Waals surface area contributed by atoms with Gasteiger partial charge in [-0.25, -0.2) is 0 Å². The summed E-state index contributed by atoms with van der Waals surface area (Å²) in [5, 5.41) is 1.96. The Morgan fingerprint density at radius 3 is 2.30 bits per heavy atom. The third-order valence-electron chi connectivity index (χ3n) is 4.79. The summed E-state index contributed by atoms with van der Waals surface area (Å²) in [6.07, 6.45) is 0.813. The summed E-state index contributed by atoms with van der Waals surface area (Å²) >= 11 is 18.1. The molecular weight excluding hydrogens is 443 g/mol. The van der Waals surface area contributed by atoms with Gasteiger partial charge in [0.15, 0.2) is 5.76 Å². The van der Waals surface area contributed by atoms with Crippen molar-refractivity contribution in [2.45, 2.75) is 20.0 Å². The van der Waals surface area contributed by atoms with Crippen molar-refractivity contribution in [2.75, 3.05) is 0 Å². The summed E-state index contributed by atoms with van der Waals surface area (Å²) in [5.74, 6) is 0.498. The van der Waals surface area contributed by atoms with Crippen LogP contribution in [0, 0.1) is 0 Å². The lowest BCUT2D eigenvalue weighted by atomic mass is 10.1. The Hall–Kier alpha value is -2.46. The zero-order valence-electron chi connectivity index (χ0n) is 16.0. The van der Waals surface area contributed by atoms with Crippen LogP contribution in [-0.4, -0.2) is 0 Å². The molecule has 0 amide bonds. The van der Waals surface area contributed by atoms with Crippen LogP contribution in [0.2, 0.25) is 15.1 Å². The predicted octanol–water partition coefficient (Wildman–Crippen LogP) is 7.56. The molecule has 6 heteroatoms. The number of hydrogen-bond donors (Lipinski definition) is 0. The van der Waals surface area contributed by atoms with Gasteiger partial charge in [-0.3, -0.25) is 4.79 Å². The standard InChI is InChI=1S/C24H17Cl3O3/c1-2-14-4-10-21-18(11-14)22(28)24(23(30-21)16-5-7-17(25)8-6-16)29-13-15-3-9-19(26)20(27)12-15/h3-12H,2,13H2,1H3. The molecule has 0 saturated carbocycles. The molecule has 0 fully saturated rings. The molecule has 0 bridgehead atoms. The Kier molecular flexibility index (Phi) is 6.05. The van der Waals surface area contributed by atoms with E-state index in [1.54, 1.807) is 42.5 Å². The lowest BCUT2D eigenvalue weighted by Gasteiger charge is -2.13. The van der Waals surface area contributed by atoms with E-state index in [9.17, 15) is 4.79 Å². The van der Waals surface area contributed by atoms with E-state index in [0.717, 1.165) is 17.5 Å². The van der Waals surface area contributed by atoms with Gasteiger partial charge in [-0.1, -0.05) is 53.9 Å². The van der Waals surface area contributed by atoms with E-state index in [0.29, 0.717) is 37.4 Å². The molecule has 1 heterocycles. The maximum Gasteiger partial charge on any atom is 0.235 e. The van der Waals surface area contributed by atoms with Crippen LogP contribution in [0.1, 0.15) is 18.1 Å². The molecule has 0 aliphatic rings. The molecule has 0 aliphatic heterocycles. The summed E-state index contributed by atoms with van der Waals surface area (Å²) in [4.78, 5) is 13.3. The van der Waals surface area contributed by atoms with Crippen molar-refractivity contribution in [3.05, 3.63) is 97.1 Å². The number of ether oxygens (including phenoxy) is 1. The number of halogens is 3. The monoisotopic (exact) mass is 458 g/mol. The topological polar surface area (TPSA) is 39.4 Å². The van der Waals surface area contributed by atoms with Crippen molar-refractivity contribution < 1.29 is 9.15 Å². The molecule has 0 spiro atoms. The molecule has 4 rings (SSSR count). The van der Waals surface area contributed by atoms with E-state index in [2.05, 4.69) is 0 Å². The minimum atomic E-state index is -0.225. The van der Waals surface area contributed by atoms with Crippen LogP contribution in [0.4, 0.5) is 0 Å². The SMILES string of the molecule is CCc1ccc2oc(-c3ccc(Cl)cc3)c(OCc3ccc(Cl)c(Cl)c3)c(=O)c2c1. The van der Waals surface area contributed by atoms with Gasteiger partial charge in [0.05, 0.1) is 15.4 Å². The van der Waals surface area contributed by atoms with Crippen LogP contribution in [0.3, 0.4) is 0 Å². The van der Waals surface area contributed by atoms with E-state index in [4.69, 9.17) is 44.0 Å². The van der Waals surface area contributed by atoms with E-state index in [-0.39, 0.29) is 17.8 Å². The highest BCUT2D eigenvalue weighted by atomic mass is 35.5. The Labute approximate surface area is 188 Å². The largest absolute Gasteiger partial charge is 0.481 e. The number of rotatable bonds is 5. The summed E-state index contributed by atoms with van der Waals surface area (Å²) in [5.41, 5.74) is 2.81. The Morgan fingerprint density at radius 1 is 0.867 bits per heavy atom. The van der Waals surface area contributed by atoms with Gasteiger partial charge in [0.2, 0.25) is 11.2 Å². The van der Waals surface area contributed by atoms with Crippen LogP contribution in [0.25, 0.3) is 22.3 Å². The van der Waals surface area contributed by atoms with Crippen molar-refractivity contribution in [2.24, 2.45) is 0 Å². The number of hydrogen-bond acceptors (Lipinski definition) is 3. The first-order valence-electron chi connectivity index (χ1n) is 9.38. The molecule has 0 saturated heterocycles. The summed E-state index contributed by atoms with van der Waals surface area (Å²) < 4.78 is 12.1. The Morgan fingerprint density at radius 2 is 1.60 bits per heavy atom. The van der Waals surface area contributed by atoms with Crippen LogP contribution in [0.15, 0.2) is 69.9 Å². The van der Waals surface area contributed by atoms with Crippen LogP contribution >= 0.6 is 34.8 Å². The van der Waals surface area contributed by atoms with Gasteiger partial charge in [0.1, 0.15) is 12.2 Å². The molecule has 0 radical (unpaired) electrons. The second-order valence-electron chi connectivity index (χ2n) is 6.82. The molecule has 0 atom stereocenters. The molecule has 152 valence electrons. The first-order valence-corrected chi connectivity index (χ1v) is 10.5. The average Bonchev–Trinajstić information content (AvgIpc) is 2.75. The highest BCUT2D eigenvalue weighted by molar-refractivity contribution is 6.42. The zero-order valence-corrected chi connectivity index (χ0v) is 18.3.